The second kappa shape index (κ2) is 8.75. The van der Waals surface area contributed by atoms with E-state index < -0.39 is 0 Å². The summed E-state index contributed by atoms with van der Waals surface area (Å²) in [6.45, 7) is 4.56. The summed E-state index contributed by atoms with van der Waals surface area (Å²) in [6, 6.07) is 14.3. The molecule has 0 amide bonds. The highest BCUT2D eigenvalue weighted by atomic mass is 35.5. The Morgan fingerprint density at radius 3 is 2.52 bits per heavy atom. The molecule has 7 heteroatoms. The van der Waals surface area contributed by atoms with Crippen molar-refractivity contribution in [2.75, 3.05) is 6.79 Å². The van der Waals surface area contributed by atoms with Gasteiger partial charge in [0.2, 0.25) is 11.2 Å². The Morgan fingerprint density at radius 2 is 1.73 bits per heavy atom. The molecule has 0 unspecified atom stereocenters. The Balaban J connectivity index is 1.64. The molecule has 3 aromatic carbocycles. The van der Waals surface area contributed by atoms with Crippen LogP contribution in [-0.4, -0.2) is 6.79 Å². The van der Waals surface area contributed by atoms with Gasteiger partial charge in [-0.1, -0.05) is 23.2 Å². The predicted molar refractivity (Wildman–Crippen MR) is 128 cm³/mol. The quantitative estimate of drug-likeness (QED) is 0.319. The largest absolute Gasteiger partial charge is 0.481 e. The van der Waals surface area contributed by atoms with Crippen LogP contribution in [0.25, 0.3) is 22.3 Å². The number of aryl methyl sites for hydroxylation is 2. The van der Waals surface area contributed by atoms with Gasteiger partial charge in [0.15, 0.2) is 12.6 Å². The number of hydrogen-bond acceptors (Lipinski definition) is 5. The van der Waals surface area contributed by atoms with Crippen molar-refractivity contribution in [2.24, 2.45) is 0 Å². The van der Waals surface area contributed by atoms with Gasteiger partial charge in [0.25, 0.3) is 0 Å². The molecule has 0 saturated heterocycles. The first-order valence-electron chi connectivity index (χ1n) is 10.4. The summed E-state index contributed by atoms with van der Waals surface area (Å²) in [5.41, 5.74) is 4.53. The molecule has 33 heavy (non-hydrogen) atoms. The standard InChI is InChI=1S/C26H20Cl2O5/c1-14-7-21-22(8-15(14)2)33-25(16-3-5-19(27)6-4-16)26(23(21)29)31-12-18-10-20(28)9-17-11-30-13-32-24(17)18/h3-10H,11-13H2,1-2H3. The predicted octanol–water partition coefficient (Wildman–Crippen LogP) is 6.83. The summed E-state index contributed by atoms with van der Waals surface area (Å²) in [5.74, 6) is 1.12. The van der Waals surface area contributed by atoms with Crippen LogP contribution in [0.15, 0.2) is 57.7 Å². The van der Waals surface area contributed by atoms with E-state index in [0.717, 1.165) is 22.3 Å². The van der Waals surface area contributed by atoms with Gasteiger partial charge in [-0.25, -0.2) is 0 Å². The van der Waals surface area contributed by atoms with Crippen molar-refractivity contribution < 1.29 is 18.6 Å². The Morgan fingerprint density at radius 1 is 0.970 bits per heavy atom. The van der Waals surface area contributed by atoms with E-state index in [0.29, 0.717) is 44.7 Å². The summed E-state index contributed by atoms with van der Waals surface area (Å²) < 4.78 is 23.4. The van der Waals surface area contributed by atoms with Crippen LogP contribution in [-0.2, 0) is 18.0 Å². The summed E-state index contributed by atoms with van der Waals surface area (Å²) in [4.78, 5) is 13.5. The molecular formula is C26H20Cl2O5. The van der Waals surface area contributed by atoms with Gasteiger partial charge in [0, 0.05) is 26.7 Å². The number of rotatable bonds is 4. The maximum absolute atomic E-state index is 13.5. The van der Waals surface area contributed by atoms with Crippen LogP contribution in [0.4, 0.5) is 0 Å². The Bertz CT molecular complexity index is 1420. The molecule has 0 aliphatic carbocycles. The van der Waals surface area contributed by atoms with E-state index in [2.05, 4.69) is 0 Å². The highest BCUT2D eigenvalue weighted by Gasteiger charge is 2.21. The van der Waals surface area contributed by atoms with E-state index in [1.54, 1.807) is 36.4 Å². The molecule has 0 spiro atoms. The molecule has 0 saturated carbocycles. The molecule has 0 N–H and O–H groups in total. The summed E-state index contributed by atoms with van der Waals surface area (Å²) in [5, 5.41) is 1.58. The third-order valence-electron chi connectivity index (χ3n) is 5.70. The lowest BCUT2D eigenvalue weighted by molar-refractivity contribution is -0.0175. The van der Waals surface area contributed by atoms with Crippen molar-refractivity contribution in [1.29, 1.82) is 0 Å². The van der Waals surface area contributed by atoms with Crippen LogP contribution < -0.4 is 14.9 Å². The van der Waals surface area contributed by atoms with E-state index >= 15 is 0 Å². The molecule has 0 radical (unpaired) electrons. The minimum Gasteiger partial charge on any atom is -0.481 e. The van der Waals surface area contributed by atoms with Gasteiger partial charge < -0.3 is 18.6 Å². The Hall–Kier alpha value is -2.99. The lowest BCUT2D eigenvalue weighted by Gasteiger charge is -2.21. The fourth-order valence-corrected chi connectivity index (χ4v) is 4.26. The molecule has 1 aliphatic rings. The summed E-state index contributed by atoms with van der Waals surface area (Å²) in [6.07, 6.45) is 0. The topological polar surface area (TPSA) is 57.9 Å². The van der Waals surface area contributed by atoms with Crippen molar-refractivity contribution in [3.63, 3.8) is 0 Å². The van der Waals surface area contributed by atoms with Gasteiger partial charge in [0.1, 0.15) is 17.9 Å². The van der Waals surface area contributed by atoms with Gasteiger partial charge in [-0.05, 0) is 73.5 Å². The van der Waals surface area contributed by atoms with Crippen LogP contribution in [0.5, 0.6) is 11.5 Å². The fourth-order valence-electron chi connectivity index (χ4n) is 3.87. The summed E-state index contributed by atoms with van der Waals surface area (Å²) in [7, 11) is 0. The highest BCUT2D eigenvalue weighted by molar-refractivity contribution is 6.31. The number of ether oxygens (including phenoxy) is 3. The lowest BCUT2D eigenvalue weighted by atomic mass is 10.0. The van der Waals surface area contributed by atoms with Crippen molar-refractivity contribution >= 4 is 34.2 Å². The van der Waals surface area contributed by atoms with Crippen LogP contribution in [0.3, 0.4) is 0 Å². The van der Waals surface area contributed by atoms with E-state index in [4.69, 9.17) is 41.8 Å². The first-order chi connectivity index (χ1) is 15.9. The Labute approximate surface area is 200 Å². The zero-order valence-corrected chi connectivity index (χ0v) is 19.5. The van der Waals surface area contributed by atoms with Gasteiger partial charge in [-0.3, -0.25) is 4.79 Å². The van der Waals surface area contributed by atoms with E-state index in [1.807, 2.05) is 26.0 Å². The van der Waals surface area contributed by atoms with Gasteiger partial charge >= 0.3 is 0 Å². The van der Waals surface area contributed by atoms with Crippen molar-refractivity contribution in [2.45, 2.75) is 27.1 Å². The van der Waals surface area contributed by atoms with Gasteiger partial charge in [0.05, 0.1) is 12.0 Å². The monoisotopic (exact) mass is 482 g/mol. The molecule has 4 aromatic rings. The highest BCUT2D eigenvalue weighted by Crippen LogP contribution is 2.35. The average molecular weight is 483 g/mol. The van der Waals surface area contributed by atoms with E-state index in [-0.39, 0.29) is 24.6 Å². The van der Waals surface area contributed by atoms with Crippen LogP contribution >= 0.6 is 23.2 Å². The molecule has 1 aromatic heterocycles. The summed E-state index contributed by atoms with van der Waals surface area (Å²) >= 11 is 12.4. The number of hydrogen-bond donors (Lipinski definition) is 0. The minimum absolute atomic E-state index is 0.0740. The number of benzene rings is 3. The first-order valence-corrected chi connectivity index (χ1v) is 11.1. The number of fused-ring (bicyclic) bond motifs is 2. The lowest BCUT2D eigenvalue weighted by Crippen LogP contribution is -2.15. The molecule has 0 bridgehead atoms. The van der Waals surface area contributed by atoms with Crippen molar-refractivity contribution in [3.8, 4) is 22.8 Å². The molecule has 0 fully saturated rings. The van der Waals surface area contributed by atoms with Gasteiger partial charge in [-0.15, -0.1) is 0 Å². The van der Waals surface area contributed by atoms with Gasteiger partial charge in [-0.2, -0.15) is 0 Å². The normalized spacial score (nSPS) is 13.0. The van der Waals surface area contributed by atoms with Crippen LogP contribution in [0, 0.1) is 13.8 Å². The Kier molecular flexibility index (Phi) is 5.79. The zero-order valence-electron chi connectivity index (χ0n) is 18.0. The molecule has 0 atom stereocenters. The fraction of sp³-hybridized carbons (Fsp3) is 0.192. The molecule has 5 nitrogen and oxygen atoms in total. The third kappa shape index (κ3) is 4.20. The number of halogens is 2. The van der Waals surface area contributed by atoms with Crippen molar-refractivity contribution in [3.05, 3.63) is 91.1 Å². The maximum atomic E-state index is 13.5. The second-order valence-electron chi connectivity index (χ2n) is 7.98. The molecule has 1 aliphatic heterocycles. The third-order valence-corrected chi connectivity index (χ3v) is 6.17. The zero-order chi connectivity index (χ0) is 23.1. The van der Waals surface area contributed by atoms with Crippen LogP contribution in [0.2, 0.25) is 10.0 Å². The average Bonchev–Trinajstić information content (AvgIpc) is 2.80. The van der Waals surface area contributed by atoms with E-state index in [1.165, 1.54) is 0 Å². The van der Waals surface area contributed by atoms with Crippen molar-refractivity contribution in [1.82, 2.24) is 0 Å². The molecule has 5 rings (SSSR count). The molecule has 2 heterocycles. The second-order valence-corrected chi connectivity index (χ2v) is 8.85. The minimum atomic E-state index is -0.246. The van der Waals surface area contributed by atoms with Crippen LogP contribution in [0.1, 0.15) is 22.3 Å². The maximum Gasteiger partial charge on any atom is 0.235 e. The SMILES string of the molecule is Cc1cc2oc(-c3ccc(Cl)cc3)c(OCc3cc(Cl)cc4c3OCOC4)c(=O)c2cc1C. The molecular weight excluding hydrogens is 463 g/mol. The first kappa shape index (κ1) is 21.8. The molecule has 168 valence electrons. The smallest absolute Gasteiger partial charge is 0.235 e. The van der Waals surface area contributed by atoms with E-state index in [9.17, 15) is 4.79 Å².